The van der Waals surface area contributed by atoms with Gasteiger partial charge < -0.3 is 0 Å². The van der Waals surface area contributed by atoms with Gasteiger partial charge in [-0.05, 0) is 71.4 Å². The molecule has 1 heterocycles. The average molecular weight is 367 g/mol. The lowest BCUT2D eigenvalue weighted by molar-refractivity contribution is -0.659. The smallest absolute Gasteiger partial charge is 0.200 e. The first-order valence-electron chi connectivity index (χ1n) is 12.5. The third-order valence-corrected chi connectivity index (χ3v) is 5.12. The molecule has 0 N–H and O–H groups in total. The number of aromatic nitrogens is 1. The molecule has 0 bridgehead atoms. The number of nitrogens with zero attached hydrogens (tertiary/aromatic N) is 1. The number of fused-ring (bicyclic) bond motifs is 1. The van der Waals surface area contributed by atoms with Crippen molar-refractivity contribution in [3.8, 4) is 11.3 Å². The van der Waals surface area contributed by atoms with Gasteiger partial charge in [-0.15, -0.1) is 0 Å². The van der Waals surface area contributed by atoms with Crippen LogP contribution in [0.1, 0.15) is 70.9 Å². The SMILES string of the molecule is [2H]c1c([2H])[n+](C)c(-c2cc(C([2H])(C)C([2H])([2H])[2H])cc(C)c2C)c2ccc(CC(C)(C)C)cc12. The van der Waals surface area contributed by atoms with Gasteiger partial charge in [-0.3, -0.25) is 0 Å². The standard InChI is InChI=1S/C26H34N/c1-17(2)22-13-18(3)19(4)24(15-22)25-23-10-9-20(16-26(5,6)7)14-21(23)11-12-27(25)8/h9-15,17H,16H2,1-8H3/q+1/i1D3,11D,12D,17D. The summed E-state index contributed by atoms with van der Waals surface area (Å²) in [6, 6.07) is 9.82. The first kappa shape index (κ1) is 13.1. The predicted octanol–water partition coefficient (Wildman–Crippen LogP) is 6.66. The Labute approximate surface area is 173 Å². The van der Waals surface area contributed by atoms with E-state index in [1.165, 1.54) is 6.92 Å². The van der Waals surface area contributed by atoms with Crippen molar-refractivity contribution < 1.29 is 12.8 Å². The minimum absolute atomic E-state index is 0.0947. The van der Waals surface area contributed by atoms with Crippen LogP contribution in [-0.2, 0) is 13.5 Å². The number of pyridine rings is 1. The molecule has 0 radical (unpaired) electrons. The summed E-state index contributed by atoms with van der Waals surface area (Å²) in [6.07, 6.45) is 0.951. The second-order valence-corrected chi connectivity index (χ2v) is 8.85. The number of hydrogen-bond acceptors (Lipinski definition) is 0. The second kappa shape index (κ2) is 7.11. The Morgan fingerprint density at radius 1 is 1.19 bits per heavy atom. The molecule has 0 saturated carbocycles. The van der Waals surface area contributed by atoms with Crippen LogP contribution < -0.4 is 4.57 Å². The minimum atomic E-state index is -2.48. The summed E-state index contributed by atoms with van der Waals surface area (Å²) in [6.45, 7) is 9.35. The second-order valence-electron chi connectivity index (χ2n) is 8.85. The largest absolute Gasteiger partial charge is 0.220 e. The van der Waals surface area contributed by atoms with Crippen LogP contribution >= 0.6 is 0 Å². The summed E-state index contributed by atoms with van der Waals surface area (Å²) in [5.41, 5.74) is 5.04. The van der Waals surface area contributed by atoms with Gasteiger partial charge in [-0.2, -0.15) is 0 Å². The molecule has 0 aliphatic rings. The van der Waals surface area contributed by atoms with E-state index in [-0.39, 0.29) is 17.6 Å². The fraction of sp³-hybridized carbons (Fsp3) is 0.423. The van der Waals surface area contributed by atoms with E-state index in [9.17, 15) is 0 Å². The van der Waals surface area contributed by atoms with Gasteiger partial charge in [-0.1, -0.05) is 52.7 Å². The van der Waals surface area contributed by atoms with Crippen molar-refractivity contribution in [2.24, 2.45) is 12.5 Å². The molecule has 1 atom stereocenters. The maximum atomic E-state index is 8.62. The molecule has 0 aliphatic heterocycles. The molecule has 0 fully saturated rings. The minimum Gasteiger partial charge on any atom is -0.200 e. The molecule has 27 heavy (non-hydrogen) atoms. The Kier molecular flexibility index (Phi) is 3.45. The molecule has 1 heteroatoms. The molecule has 3 aromatic rings. The molecule has 1 nitrogen and oxygen atoms in total. The molecular formula is C26H34N+. The van der Waals surface area contributed by atoms with Crippen LogP contribution in [0.3, 0.4) is 0 Å². The van der Waals surface area contributed by atoms with Crippen LogP contribution in [0.2, 0.25) is 0 Å². The van der Waals surface area contributed by atoms with Crippen LogP contribution in [0.4, 0.5) is 0 Å². The van der Waals surface area contributed by atoms with Gasteiger partial charge in [0.15, 0.2) is 6.17 Å². The van der Waals surface area contributed by atoms with Crippen molar-refractivity contribution in [2.45, 2.75) is 60.7 Å². The first-order chi connectivity index (χ1) is 15.0. The molecule has 0 aliphatic carbocycles. The number of aryl methyl sites for hydroxylation is 1. The zero-order valence-corrected chi connectivity index (χ0v) is 17.5. The summed E-state index contributed by atoms with van der Waals surface area (Å²) in [5, 5.41) is 1.55. The highest BCUT2D eigenvalue weighted by molar-refractivity contribution is 5.94. The number of benzene rings is 2. The lowest BCUT2D eigenvalue weighted by Gasteiger charge is -2.19. The normalized spacial score (nSPS) is 18.0. The van der Waals surface area contributed by atoms with Gasteiger partial charge >= 0.3 is 0 Å². The van der Waals surface area contributed by atoms with Crippen molar-refractivity contribution in [1.82, 2.24) is 0 Å². The maximum Gasteiger partial charge on any atom is 0.220 e. The van der Waals surface area contributed by atoms with Crippen LogP contribution in [-0.4, -0.2) is 0 Å². The van der Waals surface area contributed by atoms with E-state index in [0.29, 0.717) is 10.9 Å². The molecule has 142 valence electrons. The highest BCUT2D eigenvalue weighted by atomic mass is 14.9. The monoisotopic (exact) mass is 366 g/mol. The maximum absolute atomic E-state index is 8.62. The Morgan fingerprint density at radius 3 is 2.59 bits per heavy atom. The highest BCUT2D eigenvalue weighted by Crippen LogP contribution is 2.33. The van der Waals surface area contributed by atoms with Gasteiger partial charge in [-0.25, -0.2) is 4.57 Å². The van der Waals surface area contributed by atoms with Gasteiger partial charge in [0.1, 0.15) is 8.42 Å². The predicted molar refractivity (Wildman–Crippen MR) is 117 cm³/mol. The number of rotatable bonds is 3. The average Bonchev–Trinajstić information content (AvgIpc) is 2.67. The van der Waals surface area contributed by atoms with Crippen LogP contribution in [0.15, 0.2) is 42.5 Å². The van der Waals surface area contributed by atoms with Crippen LogP contribution in [0.25, 0.3) is 22.0 Å². The highest BCUT2D eigenvalue weighted by Gasteiger charge is 2.20. The van der Waals surface area contributed by atoms with E-state index in [0.717, 1.165) is 39.8 Å². The van der Waals surface area contributed by atoms with E-state index >= 15 is 0 Å². The van der Waals surface area contributed by atoms with E-state index < -0.39 is 12.7 Å². The molecule has 1 aromatic heterocycles. The summed E-state index contributed by atoms with van der Waals surface area (Å²) in [4.78, 5) is 0. The molecule has 0 saturated heterocycles. The Morgan fingerprint density at radius 2 is 1.93 bits per heavy atom. The van der Waals surface area contributed by atoms with Crippen molar-refractivity contribution in [3.63, 3.8) is 0 Å². The van der Waals surface area contributed by atoms with E-state index in [1.807, 2.05) is 26.0 Å². The Bertz CT molecular complexity index is 1230. The zero-order chi connectivity index (χ0) is 25.1. The van der Waals surface area contributed by atoms with Gasteiger partial charge in [0.05, 0.1) is 12.3 Å². The summed E-state index contributed by atoms with van der Waals surface area (Å²) in [5.74, 6) is -1.77. The van der Waals surface area contributed by atoms with Gasteiger partial charge in [0.2, 0.25) is 5.69 Å². The summed E-state index contributed by atoms with van der Waals surface area (Å²) < 4.78 is 51.2. The van der Waals surface area contributed by atoms with Gasteiger partial charge in [0, 0.05) is 11.5 Å². The van der Waals surface area contributed by atoms with Crippen molar-refractivity contribution in [1.29, 1.82) is 0 Å². The fourth-order valence-corrected chi connectivity index (χ4v) is 3.65. The van der Waals surface area contributed by atoms with E-state index in [4.69, 9.17) is 8.22 Å². The lowest BCUT2D eigenvalue weighted by Crippen LogP contribution is -2.31. The van der Waals surface area contributed by atoms with Crippen molar-refractivity contribution in [3.05, 3.63) is 64.8 Å². The Hall–Kier alpha value is -2.15. The topological polar surface area (TPSA) is 3.88 Å². The molecule has 3 rings (SSSR count). The first-order valence-corrected chi connectivity index (χ1v) is 9.49. The van der Waals surface area contributed by atoms with Crippen LogP contribution in [0.5, 0.6) is 0 Å². The molecular weight excluding hydrogens is 326 g/mol. The lowest BCUT2D eigenvalue weighted by atomic mass is 9.87. The Balaban J connectivity index is 2.39. The quantitative estimate of drug-likeness (QED) is 0.456. The van der Waals surface area contributed by atoms with E-state index in [1.54, 1.807) is 23.7 Å². The van der Waals surface area contributed by atoms with Crippen LogP contribution in [0, 0.1) is 19.3 Å². The van der Waals surface area contributed by atoms with E-state index in [2.05, 4.69) is 26.8 Å². The van der Waals surface area contributed by atoms with Gasteiger partial charge in [0.25, 0.3) is 0 Å². The molecule has 0 spiro atoms. The van der Waals surface area contributed by atoms with Crippen molar-refractivity contribution >= 4 is 10.8 Å². The zero-order valence-electron chi connectivity index (χ0n) is 23.5. The third kappa shape index (κ3) is 4.08. The molecule has 0 amide bonds. The summed E-state index contributed by atoms with van der Waals surface area (Å²) >= 11 is 0. The molecule has 1 unspecified atom stereocenters. The molecule has 2 aromatic carbocycles. The number of hydrogen-bond donors (Lipinski definition) is 0. The summed E-state index contributed by atoms with van der Waals surface area (Å²) in [7, 11) is 1.77. The fourth-order valence-electron chi connectivity index (χ4n) is 3.65. The third-order valence-electron chi connectivity index (χ3n) is 5.12. The van der Waals surface area contributed by atoms with Crippen molar-refractivity contribution in [2.75, 3.05) is 0 Å².